The predicted molar refractivity (Wildman–Crippen MR) is 125 cm³/mol. The normalized spacial score (nSPS) is 15.2. The standard InChI is InChI=1S/C26H27N3O4/c30-26(31)21-4-1-2-6-24(21)33-15-13-28-11-7-20(8-12-28)22-17-29(16-19-9-14-32-18-19)23-5-3-10-27-25(22)23/h1-6,9-10,14,17-18,20H,7-8,11-13,15-16H2,(H,30,31). The van der Waals surface area contributed by atoms with Gasteiger partial charge in [0, 0.05) is 24.5 Å². The third kappa shape index (κ3) is 4.64. The minimum Gasteiger partial charge on any atom is -0.491 e. The Morgan fingerprint density at radius 2 is 2.00 bits per heavy atom. The first kappa shape index (κ1) is 21.3. The lowest BCUT2D eigenvalue weighted by atomic mass is 9.90. The van der Waals surface area contributed by atoms with Crippen molar-refractivity contribution in [2.24, 2.45) is 0 Å². The molecule has 0 saturated carbocycles. The highest BCUT2D eigenvalue weighted by Gasteiger charge is 2.24. The smallest absolute Gasteiger partial charge is 0.339 e. The number of para-hydroxylation sites is 1. The van der Waals surface area contributed by atoms with Crippen molar-refractivity contribution < 1.29 is 19.1 Å². The first-order valence-corrected chi connectivity index (χ1v) is 11.3. The number of ether oxygens (including phenoxy) is 1. The van der Waals surface area contributed by atoms with E-state index in [4.69, 9.17) is 14.1 Å². The summed E-state index contributed by atoms with van der Waals surface area (Å²) in [7, 11) is 0. The number of aromatic carboxylic acids is 1. The van der Waals surface area contributed by atoms with Crippen LogP contribution >= 0.6 is 0 Å². The Labute approximate surface area is 192 Å². The van der Waals surface area contributed by atoms with Crippen LogP contribution in [0.1, 0.15) is 40.2 Å². The van der Waals surface area contributed by atoms with Gasteiger partial charge in [0.05, 0.1) is 30.1 Å². The van der Waals surface area contributed by atoms with Crippen molar-refractivity contribution >= 4 is 17.0 Å². The van der Waals surface area contributed by atoms with Gasteiger partial charge in [0.15, 0.2) is 0 Å². The van der Waals surface area contributed by atoms with Crippen molar-refractivity contribution in [2.45, 2.75) is 25.3 Å². The number of rotatable bonds is 8. The number of fused-ring (bicyclic) bond motifs is 1. The third-order valence-electron chi connectivity index (χ3n) is 6.41. The Morgan fingerprint density at radius 3 is 2.79 bits per heavy atom. The second-order valence-corrected chi connectivity index (χ2v) is 8.48. The highest BCUT2D eigenvalue weighted by Crippen LogP contribution is 2.34. The number of likely N-dealkylation sites (tertiary alicyclic amines) is 1. The first-order chi connectivity index (χ1) is 16.2. The number of nitrogens with zero attached hydrogens (tertiary/aromatic N) is 3. The lowest BCUT2D eigenvalue weighted by Gasteiger charge is -2.31. The minimum atomic E-state index is -0.966. The van der Waals surface area contributed by atoms with Crippen molar-refractivity contribution in [3.8, 4) is 5.75 Å². The van der Waals surface area contributed by atoms with Crippen LogP contribution in [-0.4, -0.2) is 51.8 Å². The zero-order valence-corrected chi connectivity index (χ0v) is 18.4. The molecular formula is C26H27N3O4. The van der Waals surface area contributed by atoms with E-state index in [1.807, 2.05) is 18.3 Å². The molecule has 0 bridgehead atoms. The molecule has 3 aromatic heterocycles. The molecule has 0 atom stereocenters. The minimum absolute atomic E-state index is 0.204. The van der Waals surface area contributed by atoms with Crippen LogP contribution in [0.3, 0.4) is 0 Å². The van der Waals surface area contributed by atoms with E-state index in [2.05, 4.69) is 21.7 Å². The summed E-state index contributed by atoms with van der Waals surface area (Å²) in [5.41, 5.74) is 4.91. The van der Waals surface area contributed by atoms with Crippen molar-refractivity contribution in [2.75, 3.05) is 26.2 Å². The molecular weight excluding hydrogens is 418 g/mol. The summed E-state index contributed by atoms with van der Waals surface area (Å²) in [6, 6.07) is 12.9. The van der Waals surface area contributed by atoms with Crippen molar-refractivity contribution in [1.82, 2.24) is 14.5 Å². The van der Waals surface area contributed by atoms with Crippen molar-refractivity contribution in [3.05, 3.63) is 84.1 Å². The summed E-state index contributed by atoms with van der Waals surface area (Å²) in [5.74, 6) is -0.0683. The molecule has 5 rings (SSSR count). The van der Waals surface area contributed by atoms with Crippen molar-refractivity contribution in [1.29, 1.82) is 0 Å². The number of hydrogen-bond donors (Lipinski definition) is 1. The van der Waals surface area contributed by atoms with Gasteiger partial charge in [-0.05, 0) is 67.7 Å². The van der Waals surface area contributed by atoms with Gasteiger partial charge in [0.1, 0.15) is 17.9 Å². The van der Waals surface area contributed by atoms with Crippen LogP contribution in [0.2, 0.25) is 0 Å². The number of pyridine rings is 1. The Balaban J connectivity index is 1.21. The number of carboxylic acid groups (broad SMARTS) is 1. The van der Waals surface area contributed by atoms with Gasteiger partial charge in [-0.2, -0.15) is 0 Å². The molecule has 0 spiro atoms. The SMILES string of the molecule is O=C(O)c1ccccc1OCCN1CCC(c2cn(Cc3ccoc3)c3cccnc23)CC1. The molecule has 33 heavy (non-hydrogen) atoms. The second kappa shape index (κ2) is 9.50. The Bertz CT molecular complexity index is 1220. The number of carboxylic acids is 1. The van der Waals surface area contributed by atoms with E-state index in [1.165, 1.54) is 5.56 Å². The summed E-state index contributed by atoms with van der Waals surface area (Å²) in [4.78, 5) is 18.4. The summed E-state index contributed by atoms with van der Waals surface area (Å²) >= 11 is 0. The van der Waals surface area contributed by atoms with Crippen LogP contribution in [0, 0.1) is 0 Å². The lowest BCUT2D eigenvalue weighted by Crippen LogP contribution is -2.36. The molecule has 1 aliphatic rings. The Hall–Kier alpha value is -3.58. The number of benzene rings is 1. The largest absolute Gasteiger partial charge is 0.491 e. The fourth-order valence-corrected chi connectivity index (χ4v) is 4.68. The van der Waals surface area contributed by atoms with Gasteiger partial charge in [-0.15, -0.1) is 0 Å². The second-order valence-electron chi connectivity index (χ2n) is 8.48. The van der Waals surface area contributed by atoms with E-state index in [9.17, 15) is 9.90 Å². The topological polar surface area (TPSA) is 80.7 Å². The van der Waals surface area contributed by atoms with Gasteiger partial charge in [-0.25, -0.2) is 4.79 Å². The molecule has 1 N–H and O–H groups in total. The fraction of sp³-hybridized carbons (Fsp3) is 0.308. The maximum atomic E-state index is 11.3. The van der Waals surface area contributed by atoms with Gasteiger partial charge in [0.25, 0.3) is 0 Å². The molecule has 170 valence electrons. The maximum Gasteiger partial charge on any atom is 0.339 e. The summed E-state index contributed by atoms with van der Waals surface area (Å²) in [6.45, 7) is 3.99. The molecule has 1 aliphatic heterocycles. The number of furan rings is 1. The van der Waals surface area contributed by atoms with E-state index >= 15 is 0 Å². The van der Waals surface area contributed by atoms with E-state index in [0.29, 0.717) is 18.3 Å². The van der Waals surface area contributed by atoms with Gasteiger partial charge in [-0.1, -0.05) is 12.1 Å². The molecule has 4 aromatic rings. The lowest BCUT2D eigenvalue weighted by molar-refractivity contribution is 0.0691. The summed E-state index contributed by atoms with van der Waals surface area (Å²) in [6.07, 6.45) is 9.75. The van der Waals surface area contributed by atoms with E-state index in [-0.39, 0.29) is 5.56 Å². The van der Waals surface area contributed by atoms with Crippen LogP contribution < -0.4 is 4.74 Å². The van der Waals surface area contributed by atoms with Gasteiger partial charge >= 0.3 is 5.97 Å². The predicted octanol–water partition coefficient (Wildman–Crippen LogP) is 4.63. The third-order valence-corrected chi connectivity index (χ3v) is 6.41. The molecule has 0 aliphatic carbocycles. The van der Waals surface area contributed by atoms with Crippen LogP contribution in [0.5, 0.6) is 5.75 Å². The highest BCUT2D eigenvalue weighted by molar-refractivity contribution is 5.90. The molecule has 4 heterocycles. The molecule has 1 fully saturated rings. The molecule has 1 aromatic carbocycles. The summed E-state index contributed by atoms with van der Waals surface area (Å²) < 4.78 is 13.3. The van der Waals surface area contributed by atoms with E-state index in [1.54, 1.807) is 36.8 Å². The van der Waals surface area contributed by atoms with Crippen LogP contribution in [0.25, 0.3) is 11.0 Å². The fourth-order valence-electron chi connectivity index (χ4n) is 4.68. The first-order valence-electron chi connectivity index (χ1n) is 11.3. The maximum absolute atomic E-state index is 11.3. The quantitative estimate of drug-likeness (QED) is 0.426. The number of carbonyl (C=O) groups is 1. The summed E-state index contributed by atoms with van der Waals surface area (Å²) in [5, 5.41) is 9.30. The van der Waals surface area contributed by atoms with Gasteiger partial charge in [-0.3, -0.25) is 9.88 Å². The van der Waals surface area contributed by atoms with Gasteiger partial charge in [0.2, 0.25) is 0 Å². The average molecular weight is 446 g/mol. The number of aromatic nitrogens is 2. The molecule has 0 unspecified atom stereocenters. The molecule has 0 amide bonds. The van der Waals surface area contributed by atoms with E-state index in [0.717, 1.165) is 55.6 Å². The van der Waals surface area contributed by atoms with Gasteiger partial charge < -0.3 is 18.8 Å². The van der Waals surface area contributed by atoms with Crippen molar-refractivity contribution in [3.63, 3.8) is 0 Å². The van der Waals surface area contributed by atoms with Crippen LogP contribution in [0.4, 0.5) is 0 Å². The van der Waals surface area contributed by atoms with Crippen LogP contribution in [-0.2, 0) is 6.54 Å². The molecule has 1 saturated heterocycles. The Kier molecular flexibility index (Phi) is 6.13. The zero-order chi connectivity index (χ0) is 22.6. The molecule has 0 radical (unpaired) electrons. The monoisotopic (exact) mass is 445 g/mol. The number of hydrogen-bond acceptors (Lipinski definition) is 5. The van der Waals surface area contributed by atoms with Crippen LogP contribution in [0.15, 0.2) is 71.8 Å². The Morgan fingerprint density at radius 1 is 1.15 bits per heavy atom. The highest BCUT2D eigenvalue weighted by atomic mass is 16.5. The zero-order valence-electron chi connectivity index (χ0n) is 18.4. The van der Waals surface area contributed by atoms with E-state index < -0.39 is 5.97 Å². The number of piperidine rings is 1. The average Bonchev–Trinajstić information content (AvgIpc) is 3.48. The molecule has 7 nitrogen and oxygen atoms in total. The molecule has 7 heteroatoms.